The third-order valence-electron chi connectivity index (χ3n) is 2.63. The lowest BCUT2D eigenvalue weighted by atomic mass is 10.2. The minimum Gasteiger partial charge on any atom is -0.270 e. The van der Waals surface area contributed by atoms with E-state index >= 15 is 0 Å². The third-order valence-corrected chi connectivity index (χ3v) is 3.90. The number of hydrazine groups is 1. The number of aryl methyl sites for hydroxylation is 2. The molecule has 0 amide bonds. The minimum absolute atomic E-state index is 0.169. The van der Waals surface area contributed by atoms with Crippen molar-refractivity contribution in [3.05, 3.63) is 33.0 Å². The smallest absolute Gasteiger partial charge is 0.100 e. The van der Waals surface area contributed by atoms with Gasteiger partial charge in [-0.3, -0.25) is 10.5 Å². The molecule has 0 aliphatic heterocycles. The van der Waals surface area contributed by atoms with Crippen LogP contribution in [-0.4, -0.2) is 14.8 Å². The summed E-state index contributed by atoms with van der Waals surface area (Å²) >= 11 is 7.82. The van der Waals surface area contributed by atoms with Gasteiger partial charge in [0.15, 0.2) is 0 Å². The first kappa shape index (κ1) is 13.5. The summed E-state index contributed by atoms with van der Waals surface area (Å²) in [5.41, 5.74) is 3.69. The summed E-state index contributed by atoms with van der Waals surface area (Å²) in [6.07, 6.45) is 4.47. The SMILES string of the molecule is CCCn1ncc(Cl)c1C(NN)c1cnc(C)s1. The molecule has 98 valence electrons. The highest BCUT2D eigenvalue weighted by atomic mass is 35.5. The van der Waals surface area contributed by atoms with Gasteiger partial charge in [0.1, 0.15) is 6.04 Å². The van der Waals surface area contributed by atoms with Gasteiger partial charge in [-0.2, -0.15) is 5.10 Å². The second kappa shape index (κ2) is 5.79. The fourth-order valence-electron chi connectivity index (χ4n) is 1.86. The summed E-state index contributed by atoms with van der Waals surface area (Å²) in [6, 6.07) is -0.169. The number of halogens is 1. The molecule has 0 aliphatic rings. The quantitative estimate of drug-likeness (QED) is 0.653. The van der Waals surface area contributed by atoms with E-state index in [1.165, 1.54) is 0 Å². The van der Waals surface area contributed by atoms with Crippen LogP contribution in [0.1, 0.15) is 35.0 Å². The van der Waals surface area contributed by atoms with Crippen molar-refractivity contribution in [2.24, 2.45) is 5.84 Å². The second-order valence-electron chi connectivity index (χ2n) is 3.98. The number of hydrogen-bond acceptors (Lipinski definition) is 5. The highest BCUT2D eigenvalue weighted by Gasteiger charge is 2.22. The third kappa shape index (κ3) is 2.56. The van der Waals surface area contributed by atoms with Gasteiger partial charge in [0, 0.05) is 17.6 Å². The highest BCUT2D eigenvalue weighted by Crippen LogP contribution is 2.30. The molecule has 0 saturated carbocycles. The maximum atomic E-state index is 6.22. The molecular formula is C11H16ClN5S. The second-order valence-corrected chi connectivity index (χ2v) is 5.66. The van der Waals surface area contributed by atoms with Gasteiger partial charge in [0.2, 0.25) is 0 Å². The summed E-state index contributed by atoms with van der Waals surface area (Å²) in [5.74, 6) is 5.67. The van der Waals surface area contributed by atoms with Crippen LogP contribution in [0.2, 0.25) is 5.02 Å². The number of rotatable bonds is 5. The standard InChI is InChI=1S/C11H16ClN5S/c1-3-4-17-11(8(12)5-15-17)10(16-13)9-6-14-7(2)18-9/h5-6,10,16H,3-4,13H2,1-2H3. The lowest BCUT2D eigenvalue weighted by molar-refractivity contribution is 0.524. The molecule has 0 aliphatic carbocycles. The van der Waals surface area contributed by atoms with Crippen LogP contribution in [0.5, 0.6) is 0 Å². The van der Waals surface area contributed by atoms with Crippen molar-refractivity contribution >= 4 is 22.9 Å². The fraction of sp³-hybridized carbons (Fsp3) is 0.455. The summed E-state index contributed by atoms with van der Waals surface area (Å²) < 4.78 is 1.89. The number of nitrogens with two attached hydrogens (primary N) is 1. The van der Waals surface area contributed by atoms with Gasteiger partial charge >= 0.3 is 0 Å². The van der Waals surface area contributed by atoms with Crippen LogP contribution < -0.4 is 11.3 Å². The number of nitrogens with zero attached hydrogens (tertiary/aromatic N) is 3. The molecule has 0 radical (unpaired) electrons. The van der Waals surface area contributed by atoms with E-state index in [0.29, 0.717) is 5.02 Å². The molecule has 1 unspecified atom stereocenters. The minimum atomic E-state index is -0.169. The van der Waals surface area contributed by atoms with Gasteiger partial charge in [-0.25, -0.2) is 10.4 Å². The van der Waals surface area contributed by atoms with Crippen LogP contribution in [-0.2, 0) is 6.54 Å². The van der Waals surface area contributed by atoms with Gasteiger partial charge in [0.25, 0.3) is 0 Å². The van der Waals surface area contributed by atoms with Crippen LogP contribution in [0, 0.1) is 6.92 Å². The number of nitrogens with one attached hydrogen (secondary N) is 1. The van der Waals surface area contributed by atoms with Crippen LogP contribution in [0.4, 0.5) is 0 Å². The maximum Gasteiger partial charge on any atom is 0.100 e. The lowest BCUT2D eigenvalue weighted by Crippen LogP contribution is -2.30. The predicted molar refractivity (Wildman–Crippen MR) is 73.5 cm³/mol. The molecule has 2 aromatic heterocycles. The Morgan fingerprint density at radius 1 is 1.56 bits per heavy atom. The van der Waals surface area contributed by atoms with Gasteiger partial charge in [0.05, 0.1) is 21.9 Å². The molecule has 1 atom stereocenters. The number of aromatic nitrogens is 3. The Hall–Kier alpha value is -0.950. The molecule has 0 saturated heterocycles. The van der Waals surface area contributed by atoms with Crippen molar-refractivity contribution in [3.8, 4) is 0 Å². The Balaban J connectivity index is 2.41. The average Bonchev–Trinajstić information content (AvgIpc) is 2.91. The Bertz CT molecular complexity index is 521. The molecule has 2 aromatic rings. The van der Waals surface area contributed by atoms with E-state index in [-0.39, 0.29) is 6.04 Å². The van der Waals surface area contributed by atoms with Gasteiger partial charge < -0.3 is 0 Å². The van der Waals surface area contributed by atoms with Crippen molar-refractivity contribution in [2.45, 2.75) is 32.9 Å². The van der Waals surface area contributed by atoms with Gasteiger partial charge in [-0.15, -0.1) is 11.3 Å². The first-order valence-corrected chi connectivity index (χ1v) is 6.96. The van der Waals surface area contributed by atoms with E-state index < -0.39 is 0 Å². The molecule has 0 spiro atoms. The van der Waals surface area contributed by atoms with Crippen molar-refractivity contribution in [2.75, 3.05) is 0 Å². The van der Waals surface area contributed by atoms with E-state index in [1.807, 2.05) is 17.8 Å². The van der Waals surface area contributed by atoms with Gasteiger partial charge in [-0.05, 0) is 13.3 Å². The molecule has 0 fully saturated rings. The lowest BCUT2D eigenvalue weighted by Gasteiger charge is -2.16. The topological polar surface area (TPSA) is 68.8 Å². The van der Waals surface area contributed by atoms with E-state index in [4.69, 9.17) is 17.4 Å². The molecule has 2 heterocycles. The van der Waals surface area contributed by atoms with Crippen LogP contribution in [0.15, 0.2) is 12.4 Å². The fourth-order valence-corrected chi connectivity index (χ4v) is 2.96. The van der Waals surface area contributed by atoms with Crippen molar-refractivity contribution in [1.29, 1.82) is 0 Å². The van der Waals surface area contributed by atoms with E-state index in [2.05, 4.69) is 22.4 Å². The average molecular weight is 286 g/mol. The van der Waals surface area contributed by atoms with Crippen molar-refractivity contribution in [1.82, 2.24) is 20.2 Å². The zero-order valence-corrected chi connectivity index (χ0v) is 11.9. The molecule has 3 N–H and O–H groups in total. The zero-order chi connectivity index (χ0) is 13.1. The Morgan fingerprint density at radius 2 is 2.33 bits per heavy atom. The highest BCUT2D eigenvalue weighted by molar-refractivity contribution is 7.11. The largest absolute Gasteiger partial charge is 0.270 e. The first-order chi connectivity index (χ1) is 8.67. The monoisotopic (exact) mass is 285 g/mol. The van der Waals surface area contributed by atoms with Gasteiger partial charge in [-0.1, -0.05) is 18.5 Å². The van der Waals surface area contributed by atoms with Crippen molar-refractivity contribution in [3.63, 3.8) is 0 Å². The summed E-state index contributed by atoms with van der Waals surface area (Å²) in [6.45, 7) is 4.88. The maximum absolute atomic E-state index is 6.22. The molecule has 0 bridgehead atoms. The number of hydrogen-bond donors (Lipinski definition) is 2. The van der Waals surface area contributed by atoms with Crippen molar-refractivity contribution < 1.29 is 0 Å². The van der Waals surface area contributed by atoms with E-state index in [0.717, 1.165) is 28.5 Å². The molecule has 7 heteroatoms. The zero-order valence-electron chi connectivity index (χ0n) is 10.4. The predicted octanol–water partition coefficient (Wildman–Crippen LogP) is 2.26. The van der Waals surface area contributed by atoms with E-state index in [1.54, 1.807) is 17.5 Å². The van der Waals surface area contributed by atoms with Crippen LogP contribution in [0.3, 0.4) is 0 Å². The molecule has 5 nitrogen and oxygen atoms in total. The summed E-state index contributed by atoms with van der Waals surface area (Å²) in [7, 11) is 0. The Morgan fingerprint density at radius 3 is 2.89 bits per heavy atom. The molecule has 18 heavy (non-hydrogen) atoms. The van der Waals surface area contributed by atoms with Crippen LogP contribution in [0.25, 0.3) is 0 Å². The Labute approximate surface area is 115 Å². The Kier molecular flexibility index (Phi) is 4.34. The van der Waals surface area contributed by atoms with Crippen LogP contribution >= 0.6 is 22.9 Å². The number of thiazole rings is 1. The molecule has 2 rings (SSSR count). The normalized spacial score (nSPS) is 12.9. The molecular weight excluding hydrogens is 270 g/mol. The van der Waals surface area contributed by atoms with E-state index in [9.17, 15) is 0 Å². The molecule has 0 aromatic carbocycles. The summed E-state index contributed by atoms with van der Waals surface area (Å²) in [4.78, 5) is 5.29. The first-order valence-electron chi connectivity index (χ1n) is 5.77. The summed E-state index contributed by atoms with van der Waals surface area (Å²) in [5, 5.41) is 5.91.